The standard InChI is InChI=1S/C14H23N3O/c15-7-3-8-16-14(18)11-17-9-6-12-4-1-2-5-13(12)10-17/h12-13H,1-6,8-11H2,(H,16,18)/t12-,13-/m0/s1. The molecule has 0 bridgehead atoms. The molecule has 4 heteroatoms. The van der Waals surface area contributed by atoms with Crippen molar-refractivity contribution in [2.75, 3.05) is 26.2 Å². The average Bonchev–Trinajstić information content (AvgIpc) is 2.39. The predicted molar refractivity (Wildman–Crippen MR) is 69.7 cm³/mol. The fourth-order valence-electron chi connectivity index (χ4n) is 3.34. The molecule has 2 atom stereocenters. The number of hydrogen-bond acceptors (Lipinski definition) is 3. The fraction of sp³-hybridized carbons (Fsp3) is 0.857. The Bertz CT molecular complexity index is 323. The molecule has 0 aromatic carbocycles. The fourth-order valence-corrected chi connectivity index (χ4v) is 3.34. The van der Waals surface area contributed by atoms with E-state index in [0.717, 1.165) is 24.9 Å². The van der Waals surface area contributed by atoms with Crippen LogP contribution in [0.25, 0.3) is 0 Å². The number of nitrogens with zero attached hydrogens (tertiary/aromatic N) is 2. The van der Waals surface area contributed by atoms with Crippen molar-refractivity contribution in [2.45, 2.75) is 38.5 Å². The Hall–Kier alpha value is -1.08. The molecule has 18 heavy (non-hydrogen) atoms. The number of likely N-dealkylation sites (tertiary alicyclic amines) is 1. The zero-order chi connectivity index (χ0) is 12.8. The normalized spacial score (nSPS) is 28.2. The van der Waals surface area contributed by atoms with Crippen molar-refractivity contribution in [2.24, 2.45) is 11.8 Å². The van der Waals surface area contributed by atoms with Gasteiger partial charge in [-0.3, -0.25) is 9.69 Å². The first-order chi connectivity index (χ1) is 8.79. The van der Waals surface area contributed by atoms with Gasteiger partial charge in [-0.15, -0.1) is 0 Å². The van der Waals surface area contributed by atoms with Crippen LogP contribution in [0.1, 0.15) is 38.5 Å². The third-order valence-electron chi connectivity index (χ3n) is 4.30. The van der Waals surface area contributed by atoms with Gasteiger partial charge in [0.15, 0.2) is 0 Å². The summed E-state index contributed by atoms with van der Waals surface area (Å²) in [6.45, 7) is 3.15. The summed E-state index contributed by atoms with van der Waals surface area (Å²) in [4.78, 5) is 14.0. The quantitative estimate of drug-likeness (QED) is 0.769. The molecule has 2 aliphatic rings. The van der Waals surface area contributed by atoms with E-state index < -0.39 is 0 Å². The minimum Gasteiger partial charge on any atom is -0.354 e. The summed E-state index contributed by atoms with van der Waals surface area (Å²) in [6, 6.07) is 2.04. The SMILES string of the molecule is N#CCCNC(=O)CN1CC[C@@H]2CCCC[C@H]2C1. The number of nitriles is 1. The zero-order valence-electron chi connectivity index (χ0n) is 11.0. The number of fused-ring (bicyclic) bond motifs is 1. The van der Waals surface area contributed by atoms with Crippen LogP contribution in [0.4, 0.5) is 0 Å². The highest BCUT2D eigenvalue weighted by molar-refractivity contribution is 5.78. The smallest absolute Gasteiger partial charge is 0.234 e. The van der Waals surface area contributed by atoms with Crippen molar-refractivity contribution < 1.29 is 4.79 Å². The van der Waals surface area contributed by atoms with E-state index in [0.29, 0.717) is 19.5 Å². The number of rotatable bonds is 4. The molecule has 1 saturated carbocycles. The van der Waals surface area contributed by atoms with Crippen molar-refractivity contribution >= 4 is 5.91 Å². The maximum absolute atomic E-state index is 11.7. The largest absolute Gasteiger partial charge is 0.354 e. The van der Waals surface area contributed by atoms with E-state index in [9.17, 15) is 4.79 Å². The molecule has 1 saturated heterocycles. The van der Waals surface area contributed by atoms with Crippen LogP contribution < -0.4 is 5.32 Å². The monoisotopic (exact) mass is 249 g/mol. The molecule has 4 nitrogen and oxygen atoms in total. The topological polar surface area (TPSA) is 56.1 Å². The molecule has 0 radical (unpaired) electrons. The van der Waals surface area contributed by atoms with Crippen LogP contribution in [0, 0.1) is 23.2 Å². The maximum atomic E-state index is 11.7. The first kappa shape index (κ1) is 13.4. The van der Waals surface area contributed by atoms with Crippen LogP contribution >= 0.6 is 0 Å². The van der Waals surface area contributed by atoms with Crippen LogP contribution in [0.3, 0.4) is 0 Å². The van der Waals surface area contributed by atoms with Crippen molar-refractivity contribution in [3.8, 4) is 6.07 Å². The van der Waals surface area contributed by atoms with E-state index in [2.05, 4.69) is 10.2 Å². The van der Waals surface area contributed by atoms with Crippen LogP contribution in [0.15, 0.2) is 0 Å². The Morgan fingerprint density at radius 2 is 2.06 bits per heavy atom. The van der Waals surface area contributed by atoms with Crippen LogP contribution in [0.2, 0.25) is 0 Å². The number of hydrogen-bond donors (Lipinski definition) is 1. The molecule has 1 aliphatic carbocycles. The summed E-state index contributed by atoms with van der Waals surface area (Å²) in [5, 5.41) is 11.2. The summed E-state index contributed by atoms with van der Waals surface area (Å²) in [5.74, 6) is 1.80. The zero-order valence-corrected chi connectivity index (χ0v) is 11.0. The molecule has 0 aromatic heterocycles. The van der Waals surface area contributed by atoms with Gasteiger partial charge in [0, 0.05) is 13.1 Å². The van der Waals surface area contributed by atoms with Gasteiger partial charge in [0.2, 0.25) is 5.91 Å². The van der Waals surface area contributed by atoms with Crippen molar-refractivity contribution in [3.63, 3.8) is 0 Å². The Labute approximate surface area is 109 Å². The van der Waals surface area contributed by atoms with Crippen molar-refractivity contribution in [1.82, 2.24) is 10.2 Å². The van der Waals surface area contributed by atoms with Crippen LogP contribution in [0.5, 0.6) is 0 Å². The molecule has 1 N–H and O–H groups in total. The van der Waals surface area contributed by atoms with Crippen LogP contribution in [-0.2, 0) is 4.79 Å². The number of carbonyl (C=O) groups excluding carboxylic acids is 1. The van der Waals surface area contributed by atoms with E-state index in [-0.39, 0.29) is 5.91 Å². The second-order valence-electron chi connectivity index (χ2n) is 5.59. The molecule has 0 unspecified atom stereocenters. The summed E-state index contributed by atoms with van der Waals surface area (Å²) in [5.41, 5.74) is 0. The lowest BCUT2D eigenvalue weighted by atomic mass is 9.75. The minimum atomic E-state index is 0.0690. The summed E-state index contributed by atoms with van der Waals surface area (Å²) < 4.78 is 0. The number of carbonyl (C=O) groups is 1. The number of amides is 1. The molecule has 0 spiro atoms. The first-order valence-electron chi connectivity index (χ1n) is 7.15. The lowest BCUT2D eigenvalue weighted by Gasteiger charge is -2.41. The van der Waals surface area contributed by atoms with Gasteiger partial charge in [-0.05, 0) is 31.2 Å². The Balaban J connectivity index is 1.70. The van der Waals surface area contributed by atoms with E-state index in [1.165, 1.54) is 32.1 Å². The van der Waals surface area contributed by atoms with Gasteiger partial charge in [0.25, 0.3) is 0 Å². The molecule has 2 rings (SSSR count). The molecular weight excluding hydrogens is 226 g/mol. The molecule has 2 fully saturated rings. The molecule has 0 aromatic rings. The molecule has 100 valence electrons. The van der Waals surface area contributed by atoms with E-state index in [1.807, 2.05) is 6.07 Å². The molecule has 1 aliphatic heterocycles. The highest BCUT2D eigenvalue weighted by atomic mass is 16.2. The van der Waals surface area contributed by atoms with E-state index in [1.54, 1.807) is 0 Å². The molecule has 1 heterocycles. The van der Waals surface area contributed by atoms with Gasteiger partial charge in [-0.2, -0.15) is 5.26 Å². The third-order valence-corrected chi connectivity index (χ3v) is 4.30. The average molecular weight is 249 g/mol. The van der Waals surface area contributed by atoms with E-state index in [4.69, 9.17) is 5.26 Å². The minimum absolute atomic E-state index is 0.0690. The van der Waals surface area contributed by atoms with Gasteiger partial charge >= 0.3 is 0 Å². The lowest BCUT2D eigenvalue weighted by Crippen LogP contribution is -2.46. The Morgan fingerprint density at radius 1 is 1.28 bits per heavy atom. The predicted octanol–water partition coefficient (Wildman–Crippen LogP) is 1.53. The van der Waals surface area contributed by atoms with Gasteiger partial charge in [0.1, 0.15) is 0 Å². The number of piperidine rings is 1. The number of nitrogens with one attached hydrogen (secondary N) is 1. The molecular formula is C14H23N3O. The highest BCUT2D eigenvalue weighted by Gasteiger charge is 2.31. The van der Waals surface area contributed by atoms with Gasteiger partial charge in [-0.1, -0.05) is 19.3 Å². The van der Waals surface area contributed by atoms with Crippen molar-refractivity contribution in [1.29, 1.82) is 5.26 Å². The summed E-state index contributed by atoms with van der Waals surface area (Å²) in [7, 11) is 0. The second-order valence-corrected chi connectivity index (χ2v) is 5.59. The first-order valence-corrected chi connectivity index (χ1v) is 7.15. The molecule has 1 amide bonds. The second kappa shape index (κ2) is 6.75. The van der Waals surface area contributed by atoms with E-state index >= 15 is 0 Å². The van der Waals surface area contributed by atoms with Crippen molar-refractivity contribution in [3.05, 3.63) is 0 Å². The summed E-state index contributed by atoms with van der Waals surface area (Å²) in [6.07, 6.45) is 7.16. The van der Waals surface area contributed by atoms with Gasteiger partial charge in [0.05, 0.1) is 19.0 Å². The lowest BCUT2D eigenvalue weighted by molar-refractivity contribution is -0.122. The maximum Gasteiger partial charge on any atom is 0.234 e. The van der Waals surface area contributed by atoms with Gasteiger partial charge < -0.3 is 5.32 Å². The Kier molecular flexibility index (Phi) is 5.00. The Morgan fingerprint density at radius 3 is 2.83 bits per heavy atom. The van der Waals surface area contributed by atoms with Gasteiger partial charge in [-0.25, -0.2) is 0 Å². The highest BCUT2D eigenvalue weighted by Crippen LogP contribution is 2.35. The summed E-state index contributed by atoms with van der Waals surface area (Å²) >= 11 is 0. The third kappa shape index (κ3) is 3.71. The van der Waals surface area contributed by atoms with Crippen LogP contribution in [-0.4, -0.2) is 37.0 Å².